The highest BCUT2D eigenvalue weighted by atomic mass is 19.1. The summed E-state index contributed by atoms with van der Waals surface area (Å²) in [7, 11) is 0. The van der Waals surface area contributed by atoms with Crippen LogP contribution in [0.4, 0.5) is 4.39 Å². The van der Waals surface area contributed by atoms with Gasteiger partial charge in [-0.15, -0.1) is 0 Å². The van der Waals surface area contributed by atoms with E-state index in [9.17, 15) is 9.18 Å². The van der Waals surface area contributed by atoms with Gasteiger partial charge in [0.1, 0.15) is 11.5 Å². The number of aromatic nitrogens is 3. The molecule has 0 saturated carbocycles. The number of carbonyl (C=O) groups is 1. The Bertz CT molecular complexity index is 735. The van der Waals surface area contributed by atoms with Gasteiger partial charge in [-0.2, -0.15) is 4.98 Å². The molecule has 1 N–H and O–H groups in total. The van der Waals surface area contributed by atoms with E-state index in [2.05, 4.69) is 15.1 Å². The van der Waals surface area contributed by atoms with Gasteiger partial charge in [-0.3, -0.25) is 0 Å². The molecule has 0 unspecified atom stereocenters. The molecule has 0 spiro atoms. The highest BCUT2D eigenvalue weighted by molar-refractivity contribution is 5.87. The molecule has 0 fully saturated rings. The summed E-state index contributed by atoms with van der Waals surface area (Å²) in [5, 5.41) is 3.75. The standard InChI is InChI=1S/C14H10FN3O3/c15-10-5-3-9(4-6-10)13-17-12(21-18-13)8-20-14(19)11-2-1-7-16-11/h1-7,16H,8H2. The zero-order valence-electron chi connectivity index (χ0n) is 10.7. The van der Waals surface area contributed by atoms with Gasteiger partial charge in [-0.25, -0.2) is 9.18 Å². The lowest BCUT2D eigenvalue weighted by atomic mass is 10.2. The fraction of sp³-hybridized carbons (Fsp3) is 0.0714. The zero-order chi connectivity index (χ0) is 14.7. The molecule has 3 rings (SSSR count). The first-order valence-corrected chi connectivity index (χ1v) is 6.11. The first-order chi connectivity index (χ1) is 10.2. The van der Waals surface area contributed by atoms with Gasteiger partial charge in [0.05, 0.1) is 0 Å². The van der Waals surface area contributed by atoms with Gasteiger partial charge in [0.2, 0.25) is 5.82 Å². The zero-order valence-corrected chi connectivity index (χ0v) is 10.7. The predicted octanol–water partition coefficient (Wildman–Crippen LogP) is 2.56. The van der Waals surface area contributed by atoms with Crippen LogP contribution in [0.1, 0.15) is 16.4 Å². The first kappa shape index (κ1) is 13.0. The molecule has 7 heteroatoms. The van der Waals surface area contributed by atoms with Crippen LogP contribution in [0.2, 0.25) is 0 Å². The summed E-state index contributed by atoms with van der Waals surface area (Å²) >= 11 is 0. The molecule has 106 valence electrons. The van der Waals surface area contributed by atoms with Gasteiger partial charge < -0.3 is 14.2 Å². The van der Waals surface area contributed by atoms with Crippen LogP contribution < -0.4 is 0 Å². The maximum absolute atomic E-state index is 12.8. The topological polar surface area (TPSA) is 81.0 Å². The molecule has 2 heterocycles. The van der Waals surface area contributed by atoms with E-state index < -0.39 is 5.97 Å². The summed E-state index contributed by atoms with van der Waals surface area (Å²) in [4.78, 5) is 18.4. The lowest BCUT2D eigenvalue weighted by molar-refractivity contribution is 0.0423. The summed E-state index contributed by atoms with van der Waals surface area (Å²) in [5.41, 5.74) is 0.954. The van der Waals surface area contributed by atoms with Crippen molar-refractivity contribution >= 4 is 5.97 Å². The summed E-state index contributed by atoms with van der Waals surface area (Å²) in [6, 6.07) is 8.97. The minimum absolute atomic E-state index is 0.133. The fourth-order valence-electron chi connectivity index (χ4n) is 1.69. The molecule has 0 bridgehead atoms. The molecule has 6 nitrogen and oxygen atoms in total. The Balaban J connectivity index is 1.65. The quantitative estimate of drug-likeness (QED) is 0.746. The Morgan fingerprint density at radius 3 is 2.81 bits per heavy atom. The van der Waals surface area contributed by atoms with Gasteiger partial charge in [0.25, 0.3) is 5.89 Å². The summed E-state index contributed by atoms with van der Waals surface area (Å²) in [5.74, 6) is -0.390. The number of nitrogens with one attached hydrogen (secondary N) is 1. The number of nitrogens with zero attached hydrogens (tertiary/aromatic N) is 2. The molecule has 0 aliphatic heterocycles. The van der Waals surface area contributed by atoms with E-state index in [-0.39, 0.29) is 18.3 Å². The van der Waals surface area contributed by atoms with Crippen molar-refractivity contribution in [2.24, 2.45) is 0 Å². The summed E-state index contributed by atoms with van der Waals surface area (Å²) in [6.45, 7) is -0.133. The summed E-state index contributed by atoms with van der Waals surface area (Å²) in [6.07, 6.45) is 1.62. The van der Waals surface area contributed by atoms with Gasteiger partial charge in [0, 0.05) is 11.8 Å². The number of hydrogen-bond donors (Lipinski definition) is 1. The third-order valence-electron chi connectivity index (χ3n) is 2.72. The van der Waals surface area contributed by atoms with Gasteiger partial charge in [-0.1, -0.05) is 5.16 Å². The number of aromatic amines is 1. The maximum Gasteiger partial charge on any atom is 0.355 e. The third-order valence-corrected chi connectivity index (χ3v) is 2.72. The van der Waals surface area contributed by atoms with E-state index in [1.54, 1.807) is 18.3 Å². The summed E-state index contributed by atoms with van der Waals surface area (Å²) < 4.78 is 22.8. The smallest absolute Gasteiger partial charge is 0.355 e. The Morgan fingerprint density at radius 2 is 2.10 bits per heavy atom. The highest BCUT2D eigenvalue weighted by Crippen LogP contribution is 2.16. The van der Waals surface area contributed by atoms with Crippen LogP contribution in [0.3, 0.4) is 0 Å². The number of ether oxygens (including phenoxy) is 1. The van der Waals surface area contributed by atoms with Crippen molar-refractivity contribution in [2.75, 3.05) is 0 Å². The fourth-order valence-corrected chi connectivity index (χ4v) is 1.69. The van der Waals surface area contributed by atoms with Crippen molar-refractivity contribution in [2.45, 2.75) is 6.61 Å². The van der Waals surface area contributed by atoms with Crippen molar-refractivity contribution in [3.8, 4) is 11.4 Å². The number of esters is 1. The molecule has 0 atom stereocenters. The van der Waals surface area contributed by atoms with Crippen molar-refractivity contribution in [3.05, 3.63) is 60.0 Å². The van der Waals surface area contributed by atoms with Crippen LogP contribution in [-0.4, -0.2) is 21.1 Å². The largest absolute Gasteiger partial charge is 0.451 e. The molecule has 2 aromatic heterocycles. The van der Waals surface area contributed by atoms with Gasteiger partial charge in [0.15, 0.2) is 6.61 Å². The second kappa shape index (κ2) is 5.58. The van der Waals surface area contributed by atoms with Crippen LogP contribution >= 0.6 is 0 Å². The second-order valence-electron chi connectivity index (χ2n) is 4.18. The lowest BCUT2D eigenvalue weighted by Crippen LogP contribution is -2.05. The molecule has 1 aromatic carbocycles. The van der Waals surface area contributed by atoms with Crippen LogP contribution in [0.25, 0.3) is 11.4 Å². The molecule has 0 saturated heterocycles. The minimum Gasteiger partial charge on any atom is -0.451 e. The van der Waals surface area contributed by atoms with Crippen LogP contribution in [0, 0.1) is 5.82 Å². The molecular weight excluding hydrogens is 277 g/mol. The Morgan fingerprint density at radius 1 is 1.29 bits per heavy atom. The maximum atomic E-state index is 12.8. The van der Waals surface area contributed by atoms with Gasteiger partial charge >= 0.3 is 5.97 Å². The SMILES string of the molecule is O=C(OCc1nc(-c2ccc(F)cc2)no1)c1ccc[nH]1. The molecular formula is C14H10FN3O3. The van der Waals surface area contributed by atoms with Crippen molar-refractivity contribution < 1.29 is 18.4 Å². The Kier molecular flexibility index (Phi) is 3.46. The normalized spacial score (nSPS) is 10.5. The van der Waals surface area contributed by atoms with E-state index in [0.717, 1.165) is 0 Å². The monoisotopic (exact) mass is 287 g/mol. The number of rotatable bonds is 4. The van der Waals surface area contributed by atoms with Gasteiger partial charge in [-0.05, 0) is 36.4 Å². The molecule has 0 radical (unpaired) electrons. The van der Waals surface area contributed by atoms with Crippen molar-refractivity contribution in [1.29, 1.82) is 0 Å². The molecule has 21 heavy (non-hydrogen) atoms. The third kappa shape index (κ3) is 2.97. The van der Waals surface area contributed by atoms with Crippen molar-refractivity contribution in [3.63, 3.8) is 0 Å². The van der Waals surface area contributed by atoms with Crippen LogP contribution in [-0.2, 0) is 11.3 Å². The molecule has 0 amide bonds. The van der Waals surface area contributed by atoms with Crippen LogP contribution in [0.15, 0.2) is 47.1 Å². The first-order valence-electron chi connectivity index (χ1n) is 6.11. The average molecular weight is 287 g/mol. The highest BCUT2D eigenvalue weighted by Gasteiger charge is 2.12. The van der Waals surface area contributed by atoms with Crippen LogP contribution in [0.5, 0.6) is 0 Å². The number of halogens is 1. The Labute approximate surface area is 118 Å². The lowest BCUT2D eigenvalue weighted by Gasteiger charge is -1.98. The Hall–Kier alpha value is -2.96. The van der Waals surface area contributed by atoms with E-state index in [0.29, 0.717) is 17.1 Å². The van der Waals surface area contributed by atoms with Crippen molar-refractivity contribution in [1.82, 2.24) is 15.1 Å². The minimum atomic E-state index is -0.512. The number of H-pyrrole nitrogens is 1. The van der Waals surface area contributed by atoms with E-state index in [1.165, 1.54) is 24.3 Å². The van der Waals surface area contributed by atoms with E-state index >= 15 is 0 Å². The molecule has 0 aliphatic carbocycles. The second-order valence-corrected chi connectivity index (χ2v) is 4.18. The predicted molar refractivity (Wildman–Crippen MR) is 69.6 cm³/mol. The van der Waals surface area contributed by atoms with E-state index in [4.69, 9.17) is 9.26 Å². The molecule has 3 aromatic rings. The average Bonchev–Trinajstić information content (AvgIpc) is 3.17. The van der Waals surface area contributed by atoms with E-state index in [1.807, 2.05) is 0 Å². The molecule has 0 aliphatic rings. The number of carbonyl (C=O) groups excluding carboxylic acids is 1. The number of benzene rings is 1. The number of hydrogen-bond acceptors (Lipinski definition) is 5.